The third-order valence-electron chi connectivity index (χ3n) is 4.77. The van der Waals surface area contributed by atoms with Gasteiger partial charge in [0.15, 0.2) is 0 Å². The van der Waals surface area contributed by atoms with Crippen molar-refractivity contribution in [2.45, 2.75) is 57.4 Å². The fraction of sp³-hybridized carbons (Fsp3) is 0.923. The SMILES string of the molecule is NNC(=NC1CCCCC1)C1C2CCCC21. The standard InChI is InChI=1S/C13H23N3/c14-16-13(12-10-7-4-8-11(10)12)15-9-5-2-1-3-6-9/h9-12H,1-8,14H2,(H,15,16). The van der Waals surface area contributed by atoms with Crippen LogP contribution in [0.1, 0.15) is 51.4 Å². The van der Waals surface area contributed by atoms with Gasteiger partial charge in [-0.1, -0.05) is 25.7 Å². The van der Waals surface area contributed by atoms with Crippen LogP contribution in [0.15, 0.2) is 4.99 Å². The normalized spacial score (nSPS) is 39.6. The second-order valence-corrected chi connectivity index (χ2v) is 5.73. The van der Waals surface area contributed by atoms with Crippen LogP contribution in [0.25, 0.3) is 0 Å². The molecule has 16 heavy (non-hydrogen) atoms. The van der Waals surface area contributed by atoms with Crippen LogP contribution in [-0.4, -0.2) is 11.9 Å². The summed E-state index contributed by atoms with van der Waals surface area (Å²) in [7, 11) is 0. The Labute approximate surface area is 97.9 Å². The average Bonchev–Trinajstić information content (AvgIpc) is 2.81. The molecule has 0 aromatic carbocycles. The first-order chi connectivity index (χ1) is 7.90. The van der Waals surface area contributed by atoms with E-state index in [-0.39, 0.29) is 0 Å². The van der Waals surface area contributed by atoms with E-state index in [0.717, 1.165) is 17.7 Å². The molecule has 0 aromatic heterocycles. The number of rotatable bonds is 2. The van der Waals surface area contributed by atoms with Crippen molar-refractivity contribution in [3.8, 4) is 0 Å². The van der Waals surface area contributed by atoms with Crippen molar-refractivity contribution in [2.75, 3.05) is 0 Å². The largest absolute Gasteiger partial charge is 0.312 e. The molecular weight excluding hydrogens is 198 g/mol. The van der Waals surface area contributed by atoms with Crippen molar-refractivity contribution in [3.63, 3.8) is 0 Å². The molecule has 3 heteroatoms. The van der Waals surface area contributed by atoms with Crippen molar-refractivity contribution in [1.29, 1.82) is 0 Å². The summed E-state index contributed by atoms with van der Waals surface area (Å²) in [5, 5.41) is 0. The monoisotopic (exact) mass is 221 g/mol. The second-order valence-electron chi connectivity index (χ2n) is 5.73. The van der Waals surface area contributed by atoms with E-state index in [2.05, 4.69) is 5.43 Å². The average molecular weight is 221 g/mol. The summed E-state index contributed by atoms with van der Waals surface area (Å²) in [6, 6.07) is 0.557. The number of hydrazine groups is 1. The first-order valence-corrected chi connectivity index (χ1v) is 6.94. The maximum Gasteiger partial charge on any atom is 0.114 e. The summed E-state index contributed by atoms with van der Waals surface area (Å²) in [6.45, 7) is 0. The van der Waals surface area contributed by atoms with Gasteiger partial charge in [-0.25, -0.2) is 5.84 Å². The quantitative estimate of drug-likeness (QED) is 0.325. The molecule has 0 aliphatic heterocycles. The zero-order valence-electron chi connectivity index (χ0n) is 9.99. The van der Waals surface area contributed by atoms with Crippen LogP contribution >= 0.6 is 0 Å². The highest BCUT2D eigenvalue weighted by Gasteiger charge is 2.55. The Morgan fingerprint density at radius 1 is 0.938 bits per heavy atom. The van der Waals surface area contributed by atoms with E-state index in [9.17, 15) is 0 Å². The lowest BCUT2D eigenvalue weighted by Crippen LogP contribution is -2.34. The van der Waals surface area contributed by atoms with Gasteiger partial charge in [0.05, 0.1) is 6.04 Å². The van der Waals surface area contributed by atoms with Crippen LogP contribution in [0.3, 0.4) is 0 Å². The predicted octanol–water partition coefficient (Wildman–Crippen LogP) is 2.23. The van der Waals surface area contributed by atoms with Crippen molar-refractivity contribution >= 4 is 5.84 Å². The maximum absolute atomic E-state index is 5.65. The Bertz CT molecular complexity index is 271. The molecule has 3 aliphatic carbocycles. The molecule has 2 unspecified atom stereocenters. The van der Waals surface area contributed by atoms with Crippen molar-refractivity contribution in [2.24, 2.45) is 28.6 Å². The van der Waals surface area contributed by atoms with Crippen molar-refractivity contribution in [1.82, 2.24) is 5.43 Å². The molecular formula is C13H23N3. The molecule has 3 rings (SSSR count). The van der Waals surface area contributed by atoms with Crippen LogP contribution in [-0.2, 0) is 0 Å². The number of hydrogen-bond acceptors (Lipinski definition) is 2. The molecule has 90 valence electrons. The minimum absolute atomic E-state index is 0.557. The van der Waals surface area contributed by atoms with E-state index in [1.807, 2.05) is 0 Å². The number of fused-ring (bicyclic) bond motifs is 1. The third kappa shape index (κ3) is 1.86. The van der Waals surface area contributed by atoms with Gasteiger partial charge >= 0.3 is 0 Å². The molecule has 3 saturated carbocycles. The Hall–Kier alpha value is -0.570. The van der Waals surface area contributed by atoms with Crippen LogP contribution in [0, 0.1) is 17.8 Å². The van der Waals surface area contributed by atoms with E-state index in [4.69, 9.17) is 10.8 Å². The van der Waals surface area contributed by atoms with Gasteiger partial charge in [0.1, 0.15) is 5.84 Å². The van der Waals surface area contributed by atoms with Crippen LogP contribution < -0.4 is 11.3 Å². The van der Waals surface area contributed by atoms with Gasteiger partial charge in [0, 0.05) is 5.92 Å². The lowest BCUT2D eigenvalue weighted by molar-refractivity contribution is 0.440. The Kier molecular flexibility index (Phi) is 2.88. The first-order valence-electron chi connectivity index (χ1n) is 6.94. The molecule has 3 aliphatic rings. The molecule has 0 heterocycles. The highest BCUT2D eigenvalue weighted by Crippen LogP contribution is 2.57. The van der Waals surface area contributed by atoms with E-state index in [1.165, 1.54) is 51.4 Å². The van der Waals surface area contributed by atoms with Crippen molar-refractivity contribution < 1.29 is 0 Å². The topological polar surface area (TPSA) is 50.4 Å². The molecule has 0 amide bonds. The van der Waals surface area contributed by atoms with E-state index >= 15 is 0 Å². The molecule has 0 bridgehead atoms. The molecule has 0 radical (unpaired) electrons. The van der Waals surface area contributed by atoms with E-state index in [0.29, 0.717) is 12.0 Å². The molecule has 2 atom stereocenters. The number of nitrogens with two attached hydrogens (primary N) is 1. The molecule has 3 nitrogen and oxygen atoms in total. The summed E-state index contributed by atoms with van der Waals surface area (Å²) >= 11 is 0. The summed E-state index contributed by atoms with van der Waals surface area (Å²) in [6.07, 6.45) is 10.9. The lowest BCUT2D eigenvalue weighted by Gasteiger charge is -2.19. The summed E-state index contributed by atoms with van der Waals surface area (Å²) in [5.74, 6) is 9.31. The summed E-state index contributed by atoms with van der Waals surface area (Å²) < 4.78 is 0. The van der Waals surface area contributed by atoms with Gasteiger partial charge in [0.2, 0.25) is 0 Å². The minimum atomic E-state index is 0.557. The highest BCUT2D eigenvalue weighted by molar-refractivity contribution is 5.87. The van der Waals surface area contributed by atoms with Crippen LogP contribution in [0.4, 0.5) is 0 Å². The number of nitrogens with one attached hydrogen (secondary N) is 1. The molecule has 3 fully saturated rings. The lowest BCUT2D eigenvalue weighted by atomic mass is 9.96. The molecule has 0 spiro atoms. The number of amidine groups is 1. The van der Waals surface area contributed by atoms with Gasteiger partial charge in [-0.3, -0.25) is 4.99 Å². The molecule has 0 aromatic rings. The fourth-order valence-corrected chi connectivity index (χ4v) is 3.85. The van der Waals surface area contributed by atoms with Gasteiger partial charge < -0.3 is 5.43 Å². The minimum Gasteiger partial charge on any atom is -0.312 e. The zero-order valence-corrected chi connectivity index (χ0v) is 9.99. The highest BCUT2D eigenvalue weighted by atomic mass is 15.3. The Morgan fingerprint density at radius 3 is 2.25 bits per heavy atom. The number of nitrogens with zero attached hydrogens (tertiary/aromatic N) is 1. The fourth-order valence-electron chi connectivity index (χ4n) is 3.85. The maximum atomic E-state index is 5.65. The van der Waals surface area contributed by atoms with E-state index in [1.54, 1.807) is 0 Å². The predicted molar refractivity (Wildman–Crippen MR) is 66.0 cm³/mol. The zero-order chi connectivity index (χ0) is 11.0. The number of aliphatic imine (C=N–C) groups is 1. The van der Waals surface area contributed by atoms with Crippen molar-refractivity contribution in [3.05, 3.63) is 0 Å². The van der Waals surface area contributed by atoms with Gasteiger partial charge in [-0.15, -0.1) is 0 Å². The third-order valence-corrected chi connectivity index (χ3v) is 4.77. The Morgan fingerprint density at radius 2 is 1.62 bits per heavy atom. The van der Waals surface area contributed by atoms with Gasteiger partial charge in [0.25, 0.3) is 0 Å². The molecule has 3 N–H and O–H groups in total. The van der Waals surface area contributed by atoms with Gasteiger partial charge in [-0.05, 0) is 37.5 Å². The second kappa shape index (κ2) is 4.36. The first kappa shape index (κ1) is 10.6. The summed E-state index contributed by atoms with van der Waals surface area (Å²) in [5.41, 5.74) is 2.89. The summed E-state index contributed by atoms with van der Waals surface area (Å²) in [4.78, 5) is 4.88. The van der Waals surface area contributed by atoms with Gasteiger partial charge in [-0.2, -0.15) is 0 Å². The van der Waals surface area contributed by atoms with Crippen LogP contribution in [0.2, 0.25) is 0 Å². The molecule has 0 saturated heterocycles. The smallest absolute Gasteiger partial charge is 0.114 e. The van der Waals surface area contributed by atoms with Crippen LogP contribution in [0.5, 0.6) is 0 Å². The number of hydrogen-bond donors (Lipinski definition) is 2. The Balaban J connectivity index is 1.63. The van der Waals surface area contributed by atoms with E-state index < -0.39 is 0 Å².